The fraction of sp³-hybridized carbons (Fsp3) is 0.625. The van der Waals surface area contributed by atoms with Crippen LogP contribution >= 0.6 is 0 Å². The zero-order chi connectivity index (χ0) is 71.8. The molecule has 4 rings (SSSR count). The molecule has 1 aromatic carbocycles. The van der Waals surface area contributed by atoms with Crippen molar-refractivity contribution in [2.75, 3.05) is 26.2 Å². The number of imidazole rings is 1. The molecular weight excluding hydrogens is 1240 g/mol. The number of carboxylic acid groups (broad SMARTS) is 1. The molecule has 1 aliphatic heterocycles. The molecule has 0 saturated carbocycles. The summed E-state index contributed by atoms with van der Waals surface area (Å²) in [6.45, 7) is 18.9. The number of aliphatic carboxylic acids is 1. The van der Waals surface area contributed by atoms with Crippen molar-refractivity contribution in [1.29, 1.82) is 0 Å². The highest BCUT2D eigenvalue weighted by Crippen LogP contribution is 2.23. The van der Waals surface area contributed by atoms with Crippen molar-refractivity contribution in [1.82, 2.24) is 73.0 Å². The number of hydrogen-bond acceptors (Lipinski definition) is 16. The Hall–Kier alpha value is -9.20. The summed E-state index contributed by atoms with van der Waals surface area (Å²) in [5, 5.41) is 47.2. The molecule has 11 atom stereocenters. The first-order valence-corrected chi connectivity index (χ1v) is 32.6. The molecule has 0 spiro atoms. The number of guanidine groups is 1. The van der Waals surface area contributed by atoms with E-state index in [0.717, 1.165) is 0 Å². The maximum absolute atomic E-state index is 14.8. The zero-order valence-electron chi connectivity index (χ0n) is 57.0. The second-order valence-electron chi connectivity index (χ2n) is 26.4. The fourth-order valence-corrected chi connectivity index (χ4v) is 10.7. The van der Waals surface area contributed by atoms with Gasteiger partial charge in [-0.1, -0.05) is 101 Å². The van der Waals surface area contributed by atoms with Crippen LogP contribution in [0.1, 0.15) is 126 Å². The van der Waals surface area contributed by atoms with Crippen LogP contribution in [0.5, 0.6) is 0 Å². The Bertz CT molecular complexity index is 3180. The van der Waals surface area contributed by atoms with Crippen molar-refractivity contribution in [3.8, 4) is 0 Å². The molecule has 20 N–H and O–H groups in total. The summed E-state index contributed by atoms with van der Waals surface area (Å²) >= 11 is 0. The number of carbonyl (C=O) groups excluding carboxylic acids is 11. The second kappa shape index (κ2) is 37.8. The normalized spacial score (nSPS) is 16.2. The molecule has 32 heteroatoms. The summed E-state index contributed by atoms with van der Waals surface area (Å²) in [4.78, 5) is 181. The highest BCUT2D eigenvalue weighted by molar-refractivity contribution is 6.00. The van der Waals surface area contributed by atoms with Crippen LogP contribution in [0.3, 0.4) is 0 Å². The number of aliphatic hydroxyl groups excluding tert-OH is 1. The minimum Gasteiger partial charge on any atom is -0.480 e. The SMILES string of the molecule is CC(C)C[C@H](NC(=O)[C@@H](NC(=O)[C@@H](NC(=O)CNC(=O)[C@H](CCCN=C(N)N)NC(=O)[C@H](CO)NC(=O)[C@H](Cc1c[nH]c2ccccc12)NC(=O)[C@H](Cc1cnc[nH]1)NC(=O)[C@@H](NC(=O)[C@@H]1CCCN1C(=O)[C@@H](NC(=O)[C@@H](N)C(C)C)C(C)C)C(C)C)C(C)C)C(C)C)C(=O)O. The summed E-state index contributed by atoms with van der Waals surface area (Å²) in [6.07, 6.45) is 4.71. The van der Waals surface area contributed by atoms with Crippen molar-refractivity contribution in [3.05, 3.63) is 54.2 Å². The van der Waals surface area contributed by atoms with Crippen LogP contribution in [0.25, 0.3) is 10.9 Å². The Balaban J connectivity index is 1.57. The minimum atomic E-state index is -1.79. The predicted octanol–water partition coefficient (Wildman–Crippen LogP) is -2.07. The van der Waals surface area contributed by atoms with Crippen molar-refractivity contribution >= 4 is 87.8 Å². The van der Waals surface area contributed by atoms with Gasteiger partial charge in [-0.25, -0.2) is 9.78 Å². The van der Waals surface area contributed by atoms with Crippen molar-refractivity contribution in [3.63, 3.8) is 0 Å². The maximum atomic E-state index is 14.8. The van der Waals surface area contributed by atoms with Gasteiger partial charge in [0, 0.05) is 54.9 Å². The quantitative estimate of drug-likeness (QED) is 0.0166. The van der Waals surface area contributed by atoms with Gasteiger partial charge in [-0.05, 0) is 79.2 Å². The van der Waals surface area contributed by atoms with Gasteiger partial charge in [0.25, 0.3) is 0 Å². The van der Waals surface area contributed by atoms with Crippen LogP contribution in [0.4, 0.5) is 0 Å². The van der Waals surface area contributed by atoms with Gasteiger partial charge in [-0.15, -0.1) is 0 Å². The summed E-state index contributed by atoms with van der Waals surface area (Å²) in [5.74, 6) is -12.5. The average molecular weight is 1350 g/mol. The third kappa shape index (κ3) is 23.9. The molecule has 32 nitrogen and oxygen atoms in total. The van der Waals surface area contributed by atoms with E-state index < -0.39 is 168 Å². The summed E-state index contributed by atoms with van der Waals surface area (Å²) < 4.78 is 0. The van der Waals surface area contributed by atoms with E-state index in [-0.39, 0.29) is 75.3 Å². The molecule has 1 aliphatic rings. The van der Waals surface area contributed by atoms with Gasteiger partial charge < -0.3 is 95.4 Å². The number of nitrogens with zero attached hydrogens (tertiary/aromatic N) is 3. The van der Waals surface area contributed by atoms with E-state index in [1.807, 2.05) is 0 Å². The number of amides is 11. The van der Waals surface area contributed by atoms with E-state index in [0.29, 0.717) is 28.6 Å². The van der Waals surface area contributed by atoms with Gasteiger partial charge in [0.2, 0.25) is 65.0 Å². The van der Waals surface area contributed by atoms with Gasteiger partial charge in [0.05, 0.1) is 25.5 Å². The van der Waals surface area contributed by atoms with Crippen LogP contribution < -0.4 is 70.4 Å². The number of aliphatic hydroxyl groups is 1. The van der Waals surface area contributed by atoms with Gasteiger partial charge in [0.1, 0.15) is 60.4 Å². The van der Waals surface area contributed by atoms with Crippen molar-refractivity contribution in [2.45, 2.75) is 194 Å². The van der Waals surface area contributed by atoms with Gasteiger partial charge in [-0.2, -0.15) is 0 Å². The van der Waals surface area contributed by atoms with Crippen LogP contribution in [0.15, 0.2) is 48.0 Å². The summed E-state index contributed by atoms with van der Waals surface area (Å²) in [5.41, 5.74) is 18.7. The predicted molar refractivity (Wildman–Crippen MR) is 356 cm³/mol. The van der Waals surface area contributed by atoms with Gasteiger partial charge in [-0.3, -0.25) is 57.7 Å². The van der Waals surface area contributed by atoms with E-state index in [1.54, 1.807) is 114 Å². The van der Waals surface area contributed by atoms with E-state index in [9.17, 15) is 67.7 Å². The van der Waals surface area contributed by atoms with Gasteiger partial charge >= 0.3 is 5.97 Å². The molecule has 1 fully saturated rings. The molecule has 1 saturated heterocycles. The molecule has 3 aromatic rings. The number of benzene rings is 1. The number of fused-ring (bicyclic) bond motifs is 1. The maximum Gasteiger partial charge on any atom is 0.326 e. The van der Waals surface area contributed by atoms with E-state index in [1.165, 1.54) is 17.4 Å². The van der Waals surface area contributed by atoms with Crippen molar-refractivity contribution in [2.24, 2.45) is 57.7 Å². The molecule has 532 valence electrons. The highest BCUT2D eigenvalue weighted by atomic mass is 16.4. The number of rotatable bonds is 38. The highest BCUT2D eigenvalue weighted by Gasteiger charge is 2.42. The van der Waals surface area contributed by atoms with Crippen LogP contribution in [0.2, 0.25) is 0 Å². The fourth-order valence-electron chi connectivity index (χ4n) is 10.7. The van der Waals surface area contributed by atoms with Crippen molar-refractivity contribution < 1.29 is 67.7 Å². The summed E-state index contributed by atoms with van der Waals surface area (Å²) in [6, 6.07) is -7.02. The second-order valence-corrected chi connectivity index (χ2v) is 26.4. The smallest absolute Gasteiger partial charge is 0.326 e. The number of aromatic nitrogens is 3. The third-order valence-electron chi connectivity index (χ3n) is 16.3. The number of aromatic amines is 2. The molecule has 3 heterocycles. The molecule has 0 radical (unpaired) electrons. The largest absolute Gasteiger partial charge is 0.480 e. The van der Waals surface area contributed by atoms with E-state index in [4.69, 9.17) is 17.2 Å². The first-order chi connectivity index (χ1) is 45.1. The van der Waals surface area contributed by atoms with Crippen LogP contribution in [0, 0.1) is 35.5 Å². The lowest BCUT2D eigenvalue weighted by atomic mass is 9.98. The monoisotopic (exact) mass is 1350 g/mol. The average Bonchev–Trinajstić information content (AvgIpc) is 1.61. The van der Waals surface area contributed by atoms with Crippen LogP contribution in [-0.2, 0) is 70.4 Å². The summed E-state index contributed by atoms with van der Waals surface area (Å²) in [7, 11) is 0. The molecule has 2 aromatic heterocycles. The Kier molecular flexibility index (Phi) is 31.2. The van der Waals surface area contributed by atoms with Crippen LogP contribution in [-0.4, -0.2) is 200 Å². The zero-order valence-corrected chi connectivity index (χ0v) is 57.0. The topological polar surface area (TPSA) is 504 Å². The van der Waals surface area contributed by atoms with E-state index >= 15 is 0 Å². The Morgan fingerprint density at radius 3 is 1.71 bits per heavy atom. The third-order valence-corrected chi connectivity index (χ3v) is 16.3. The molecule has 0 unspecified atom stereocenters. The number of likely N-dealkylation sites (tertiary alicyclic amines) is 1. The molecule has 0 aliphatic carbocycles. The number of para-hydroxylation sites is 1. The first kappa shape index (κ1) is 79.2. The standard InChI is InChI=1S/C64H102N18O14/c1-31(2)23-44(63(95)96)76-60(92)51(35(9)10)80-61(93)49(33(5)6)78-47(84)28-71-53(85)41(19-15-21-69-64(66)67)73-56(88)45(29-83)77-54(86)42(24-37-26-70-40-18-14-13-17-39(37)40)74-55(87)43(25-38-27-68-30-72-38)75-59(91)50(34(7)8)79-57(89)46-20-16-22-82(46)62(94)52(36(11)12)81-58(90)48(65)32(3)4/h13-14,17-18,26-27,30-36,41-46,48-52,70,83H,15-16,19-25,28-29,65H2,1-12H3,(H,68,72)(H,71,85)(H,73,88)(H,74,87)(H,75,91)(H,76,92)(H,77,86)(H,78,84)(H,79,89)(H,80,93)(H,81,90)(H,95,96)(H4,66,67,69)/t41-,42-,43-,44-,45-,46-,48-,49-,50-,51-,52-/m0/s1. The van der Waals surface area contributed by atoms with Gasteiger partial charge in [0.15, 0.2) is 5.96 Å². The number of carboxylic acids is 1. The molecule has 11 amide bonds. The Morgan fingerprint density at radius 2 is 1.15 bits per heavy atom. The number of nitrogens with two attached hydrogens (primary N) is 3. The lowest BCUT2D eigenvalue weighted by Crippen LogP contribution is -2.62. The first-order valence-electron chi connectivity index (χ1n) is 32.6. The number of hydrogen-bond donors (Lipinski definition) is 17. The Labute approximate surface area is 559 Å². The number of nitrogens with one attached hydrogen (secondary N) is 12. The Morgan fingerprint density at radius 1 is 0.615 bits per heavy atom. The number of aliphatic imine (C=N–C) groups is 1. The molecular formula is C64H102N18O14. The lowest BCUT2D eigenvalue weighted by molar-refractivity contribution is -0.143. The number of H-pyrrole nitrogens is 2. The minimum absolute atomic E-state index is 0.0136. The molecule has 0 bridgehead atoms. The van der Waals surface area contributed by atoms with E-state index in [2.05, 4.69) is 73.1 Å². The molecule has 96 heavy (non-hydrogen) atoms. The lowest BCUT2D eigenvalue weighted by Gasteiger charge is -2.32. The number of carbonyl (C=O) groups is 12.